The average molecular weight is 240 g/mol. The van der Waals surface area contributed by atoms with Crippen LogP contribution in [0.1, 0.15) is 19.4 Å². The van der Waals surface area contributed by atoms with Gasteiger partial charge in [0.05, 0.1) is 7.11 Å². The molecule has 0 spiro atoms. The van der Waals surface area contributed by atoms with Gasteiger partial charge in [-0.25, -0.2) is 0 Å². The van der Waals surface area contributed by atoms with Gasteiger partial charge in [-0.3, -0.25) is 0 Å². The Bertz CT molecular complexity index is 342. The number of rotatable bonds is 5. The molecule has 0 unspecified atom stereocenters. The van der Waals surface area contributed by atoms with Crippen LogP contribution in [0.2, 0.25) is 0 Å². The van der Waals surface area contributed by atoms with Crippen molar-refractivity contribution < 1.29 is 14.8 Å². The average Bonchev–Trinajstić information content (AvgIpc) is 2.25. The lowest BCUT2D eigenvalue weighted by Gasteiger charge is -2.12. The highest BCUT2D eigenvalue weighted by atomic mass is 32.2. The Kier molecular flexibility index (Phi) is 5.18. The third-order valence-electron chi connectivity index (χ3n) is 2.20. The molecule has 0 fully saturated rings. The zero-order valence-corrected chi connectivity index (χ0v) is 10.6. The topological polar surface area (TPSA) is 49.7 Å². The first-order chi connectivity index (χ1) is 7.54. The maximum atomic E-state index is 9.24. The molecule has 0 atom stereocenters. The summed E-state index contributed by atoms with van der Waals surface area (Å²) in [7, 11) is 0.178. The van der Waals surface area contributed by atoms with Crippen LogP contribution in [0.5, 0.6) is 5.75 Å². The predicted molar refractivity (Wildman–Crippen MR) is 69.3 cm³/mol. The molecule has 0 bridgehead atoms. The summed E-state index contributed by atoms with van der Waals surface area (Å²) in [5, 5.41) is 19.0. The van der Waals surface area contributed by atoms with Crippen LogP contribution in [0.15, 0.2) is 18.2 Å². The van der Waals surface area contributed by atoms with Crippen molar-refractivity contribution in [2.45, 2.75) is 24.9 Å². The van der Waals surface area contributed by atoms with Crippen molar-refractivity contribution in [2.24, 2.45) is 0 Å². The van der Waals surface area contributed by atoms with E-state index in [-0.39, 0.29) is 0 Å². The number of hydrogen-bond donors (Lipinski definition) is 2. The molecular formula is C11H17BO3S. The first-order valence-corrected chi connectivity index (χ1v) is 6.24. The second-order valence-electron chi connectivity index (χ2n) is 3.80. The van der Waals surface area contributed by atoms with Crippen LogP contribution in [0, 0.1) is 0 Å². The molecule has 0 aromatic heterocycles. The van der Waals surface area contributed by atoms with E-state index in [0.717, 1.165) is 17.1 Å². The van der Waals surface area contributed by atoms with Gasteiger partial charge in [-0.05, 0) is 28.4 Å². The third-order valence-corrected chi connectivity index (χ3v) is 3.34. The Morgan fingerprint density at radius 3 is 2.56 bits per heavy atom. The monoisotopic (exact) mass is 240 g/mol. The molecule has 0 heterocycles. The van der Waals surface area contributed by atoms with E-state index in [9.17, 15) is 10.0 Å². The fourth-order valence-corrected chi connectivity index (χ4v) is 2.11. The van der Waals surface area contributed by atoms with Crippen molar-refractivity contribution in [3.05, 3.63) is 23.8 Å². The van der Waals surface area contributed by atoms with Crippen molar-refractivity contribution in [3.63, 3.8) is 0 Å². The van der Waals surface area contributed by atoms with E-state index in [1.807, 2.05) is 6.07 Å². The number of methoxy groups -OCH3 is 1. The normalized spacial score (nSPS) is 10.6. The van der Waals surface area contributed by atoms with Gasteiger partial charge in [0.1, 0.15) is 5.75 Å². The molecule has 0 radical (unpaired) electrons. The van der Waals surface area contributed by atoms with Crippen LogP contribution >= 0.6 is 11.8 Å². The zero-order valence-electron chi connectivity index (χ0n) is 9.80. The summed E-state index contributed by atoms with van der Waals surface area (Å²) in [5.41, 5.74) is 1.46. The summed E-state index contributed by atoms with van der Waals surface area (Å²) >= 11 is 1.76. The Hall–Kier alpha value is -0.645. The van der Waals surface area contributed by atoms with Crippen LogP contribution in [-0.4, -0.2) is 29.5 Å². The van der Waals surface area contributed by atoms with Crippen molar-refractivity contribution in [3.8, 4) is 5.75 Å². The van der Waals surface area contributed by atoms with Gasteiger partial charge >= 0.3 is 7.12 Å². The summed E-state index contributed by atoms with van der Waals surface area (Å²) in [6.45, 7) is 4.22. The molecule has 2 N–H and O–H groups in total. The summed E-state index contributed by atoms with van der Waals surface area (Å²) in [6.07, 6.45) is 0. The summed E-state index contributed by atoms with van der Waals surface area (Å²) < 4.78 is 5.12. The van der Waals surface area contributed by atoms with Crippen LogP contribution in [0.3, 0.4) is 0 Å². The van der Waals surface area contributed by atoms with Gasteiger partial charge in [0.25, 0.3) is 0 Å². The highest BCUT2D eigenvalue weighted by Crippen LogP contribution is 2.19. The quantitative estimate of drug-likeness (QED) is 0.754. The highest BCUT2D eigenvalue weighted by Gasteiger charge is 2.16. The molecule has 0 saturated heterocycles. The van der Waals surface area contributed by atoms with E-state index in [4.69, 9.17) is 4.74 Å². The molecule has 0 aliphatic heterocycles. The SMILES string of the molecule is COc1ccc(B(O)O)c(CSC(C)C)c1. The summed E-state index contributed by atoms with van der Waals surface area (Å²) in [6, 6.07) is 5.28. The van der Waals surface area contributed by atoms with Crippen molar-refractivity contribution in [2.75, 3.05) is 7.11 Å². The summed E-state index contributed by atoms with van der Waals surface area (Å²) in [5.74, 6) is 1.49. The minimum Gasteiger partial charge on any atom is -0.497 e. The van der Waals surface area contributed by atoms with E-state index in [0.29, 0.717) is 10.7 Å². The Morgan fingerprint density at radius 1 is 1.38 bits per heavy atom. The highest BCUT2D eigenvalue weighted by molar-refractivity contribution is 7.99. The summed E-state index contributed by atoms with van der Waals surface area (Å²) in [4.78, 5) is 0. The third kappa shape index (κ3) is 3.74. The Morgan fingerprint density at radius 2 is 2.06 bits per heavy atom. The van der Waals surface area contributed by atoms with E-state index in [1.165, 1.54) is 0 Å². The van der Waals surface area contributed by atoms with Gasteiger partial charge in [-0.2, -0.15) is 11.8 Å². The standard InChI is InChI=1S/C11H17BO3S/c1-8(2)16-7-9-6-10(15-3)4-5-11(9)12(13)14/h4-6,8,13-14H,7H2,1-3H3. The molecule has 88 valence electrons. The Labute approximate surface area is 101 Å². The van der Waals surface area contributed by atoms with Gasteiger partial charge in [-0.15, -0.1) is 0 Å². The van der Waals surface area contributed by atoms with E-state index < -0.39 is 7.12 Å². The maximum Gasteiger partial charge on any atom is 0.488 e. The molecule has 0 saturated carbocycles. The molecule has 0 aliphatic carbocycles. The first-order valence-electron chi connectivity index (χ1n) is 5.19. The number of benzene rings is 1. The van der Waals surface area contributed by atoms with Crippen LogP contribution in [0.4, 0.5) is 0 Å². The minimum atomic E-state index is -1.42. The molecule has 0 amide bonds. The number of hydrogen-bond acceptors (Lipinski definition) is 4. The Balaban J connectivity index is 2.91. The molecular weight excluding hydrogens is 223 g/mol. The van der Waals surface area contributed by atoms with Gasteiger partial charge in [-0.1, -0.05) is 19.9 Å². The predicted octanol–water partition coefficient (Wildman–Crippen LogP) is 1.02. The smallest absolute Gasteiger partial charge is 0.488 e. The van der Waals surface area contributed by atoms with Crippen LogP contribution < -0.4 is 10.2 Å². The van der Waals surface area contributed by atoms with Gasteiger partial charge in [0.2, 0.25) is 0 Å². The fourth-order valence-electron chi connectivity index (χ4n) is 1.34. The minimum absolute atomic E-state index is 0.509. The molecule has 1 aromatic carbocycles. The first kappa shape index (κ1) is 13.4. The van der Waals surface area contributed by atoms with Crippen molar-refractivity contribution >= 4 is 24.3 Å². The van der Waals surface area contributed by atoms with Gasteiger partial charge < -0.3 is 14.8 Å². The van der Waals surface area contributed by atoms with Crippen LogP contribution in [0.25, 0.3) is 0 Å². The molecule has 0 aliphatic rings. The number of thioether (sulfide) groups is 1. The molecule has 1 aromatic rings. The van der Waals surface area contributed by atoms with Crippen molar-refractivity contribution in [1.29, 1.82) is 0 Å². The molecule has 5 heteroatoms. The van der Waals surface area contributed by atoms with Gasteiger partial charge in [0, 0.05) is 5.75 Å². The maximum absolute atomic E-state index is 9.24. The van der Waals surface area contributed by atoms with Crippen molar-refractivity contribution in [1.82, 2.24) is 0 Å². The lowest BCUT2D eigenvalue weighted by Crippen LogP contribution is -2.32. The van der Waals surface area contributed by atoms with Gasteiger partial charge in [0.15, 0.2) is 0 Å². The second-order valence-corrected chi connectivity index (χ2v) is 5.36. The van der Waals surface area contributed by atoms with E-state index in [2.05, 4.69) is 13.8 Å². The second kappa shape index (κ2) is 6.18. The molecule has 3 nitrogen and oxygen atoms in total. The largest absolute Gasteiger partial charge is 0.497 e. The molecule has 1 rings (SSSR count). The lowest BCUT2D eigenvalue weighted by atomic mass is 9.77. The zero-order chi connectivity index (χ0) is 12.1. The lowest BCUT2D eigenvalue weighted by molar-refractivity contribution is 0.413. The fraction of sp³-hybridized carbons (Fsp3) is 0.455. The van der Waals surface area contributed by atoms with Crippen LogP contribution in [-0.2, 0) is 5.75 Å². The number of ether oxygens (including phenoxy) is 1. The molecule has 16 heavy (non-hydrogen) atoms. The van der Waals surface area contributed by atoms with E-state index in [1.54, 1.807) is 31.0 Å². The van der Waals surface area contributed by atoms with E-state index >= 15 is 0 Å².